The molecule has 0 fully saturated rings. The highest BCUT2D eigenvalue weighted by molar-refractivity contribution is 7.10. The second-order valence-electron chi connectivity index (χ2n) is 9.26. The Balaban J connectivity index is 1.53. The fourth-order valence-electron chi connectivity index (χ4n) is 4.65. The molecule has 2 heterocycles. The van der Waals surface area contributed by atoms with E-state index in [-0.39, 0.29) is 24.4 Å². The lowest BCUT2D eigenvalue weighted by Gasteiger charge is -2.37. The van der Waals surface area contributed by atoms with Crippen LogP contribution in [0.2, 0.25) is 5.02 Å². The molecule has 1 atom stereocenters. The van der Waals surface area contributed by atoms with E-state index >= 15 is 0 Å². The predicted molar refractivity (Wildman–Crippen MR) is 148 cm³/mol. The lowest BCUT2D eigenvalue weighted by Crippen LogP contribution is -2.48. The van der Waals surface area contributed by atoms with E-state index in [1.54, 1.807) is 23.3 Å². The van der Waals surface area contributed by atoms with Gasteiger partial charge in [-0.1, -0.05) is 29.8 Å². The van der Waals surface area contributed by atoms with Gasteiger partial charge in [-0.15, -0.1) is 11.3 Å². The number of carbonyl (C=O) groups excluding carboxylic acids is 2. The lowest BCUT2D eigenvalue weighted by atomic mass is 10.00. The van der Waals surface area contributed by atoms with Crippen LogP contribution in [0.4, 0.5) is 0 Å². The summed E-state index contributed by atoms with van der Waals surface area (Å²) in [6.07, 6.45) is 1.45. The summed E-state index contributed by atoms with van der Waals surface area (Å²) in [7, 11) is 1.64. The van der Waals surface area contributed by atoms with Gasteiger partial charge >= 0.3 is 0 Å². The van der Waals surface area contributed by atoms with Crippen molar-refractivity contribution in [1.82, 2.24) is 9.80 Å². The highest BCUT2D eigenvalue weighted by Gasteiger charge is 2.33. The highest BCUT2D eigenvalue weighted by Crippen LogP contribution is 2.34. The van der Waals surface area contributed by atoms with Gasteiger partial charge in [0, 0.05) is 42.3 Å². The smallest absolute Gasteiger partial charge is 0.254 e. The molecule has 4 rings (SSSR count). The zero-order valence-corrected chi connectivity index (χ0v) is 23.1. The minimum absolute atomic E-state index is 0.00685. The molecule has 0 bridgehead atoms. The van der Waals surface area contributed by atoms with Gasteiger partial charge in [0.15, 0.2) is 0 Å². The summed E-state index contributed by atoms with van der Waals surface area (Å²) in [6.45, 7) is 5.73. The van der Waals surface area contributed by atoms with E-state index < -0.39 is 0 Å². The molecule has 0 N–H and O–H groups in total. The molecule has 1 aliphatic rings. The van der Waals surface area contributed by atoms with Crippen LogP contribution in [0.3, 0.4) is 0 Å². The van der Waals surface area contributed by atoms with Crippen LogP contribution in [0.25, 0.3) is 0 Å². The molecule has 0 spiro atoms. The van der Waals surface area contributed by atoms with Crippen LogP contribution < -0.4 is 4.74 Å². The predicted octanol–water partition coefficient (Wildman–Crippen LogP) is 5.70. The van der Waals surface area contributed by atoms with Gasteiger partial charge in [0.1, 0.15) is 18.9 Å². The normalized spacial score (nSPS) is 14.8. The van der Waals surface area contributed by atoms with Crippen LogP contribution in [-0.4, -0.2) is 61.6 Å². The molecule has 2 amide bonds. The summed E-state index contributed by atoms with van der Waals surface area (Å²) >= 11 is 7.88. The molecule has 1 aromatic heterocycles. The fourth-order valence-corrected chi connectivity index (χ4v) is 5.69. The Morgan fingerprint density at radius 3 is 2.70 bits per heavy atom. The number of thiophene rings is 1. The number of hydrogen-bond acceptors (Lipinski definition) is 5. The number of halogens is 1. The highest BCUT2D eigenvalue weighted by atomic mass is 35.5. The maximum Gasteiger partial charge on any atom is 0.254 e. The van der Waals surface area contributed by atoms with Crippen molar-refractivity contribution in [2.45, 2.75) is 32.7 Å². The molecule has 37 heavy (non-hydrogen) atoms. The first-order valence-electron chi connectivity index (χ1n) is 12.5. The molecule has 0 unspecified atom stereocenters. The number of ether oxygens (including phenoxy) is 2. The van der Waals surface area contributed by atoms with Crippen molar-refractivity contribution in [3.8, 4) is 5.75 Å². The third-order valence-corrected chi connectivity index (χ3v) is 8.14. The summed E-state index contributed by atoms with van der Waals surface area (Å²) in [5, 5.41) is 2.76. The van der Waals surface area contributed by atoms with Crippen molar-refractivity contribution in [1.29, 1.82) is 0 Å². The minimum Gasteiger partial charge on any atom is -0.491 e. The van der Waals surface area contributed by atoms with Crippen LogP contribution in [-0.2, 0) is 16.0 Å². The van der Waals surface area contributed by atoms with Gasteiger partial charge in [0.05, 0.1) is 6.04 Å². The molecular weight excluding hydrogens is 508 g/mol. The molecule has 6 nitrogen and oxygen atoms in total. The summed E-state index contributed by atoms with van der Waals surface area (Å²) in [5.74, 6) is 0.491. The Morgan fingerprint density at radius 2 is 1.95 bits per heavy atom. The van der Waals surface area contributed by atoms with Crippen molar-refractivity contribution < 1.29 is 19.1 Å². The molecule has 0 radical (unpaired) electrons. The van der Waals surface area contributed by atoms with Gasteiger partial charge in [-0.05, 0) is 79.1 Å². The van der Waals surface area contributed by atoms with Gasteiger partial charge in [-0.3, -0.25) is 9.59 Å². The molecule has 196 valence electrons. The molecule has 0 saturated carbocycles. The van der Waals surface area contributed by atoms with Crippen molar-refractivity contribution in [2.75, 3.05) is 40.0 Å². The van der Waals surface area contributed by atoms with Crippen molar-refractivity contribution >= 4 is 34.8 Å². The second kappa shape index (κ2) is 12.6. The van der Waals surface area contributed by atoms with Crippen molar-refractivity contribution in [2.24, 2.45) is 0 Å². The van der Waals surface area contributed by atoms with E-state index in [0.29, 0.717) is 49.1 Å². The monoisotopic (exact) mass is 540 g/mol. The third kappa shape index (κ3) is 6.53. The summed E-state index contributed by atoms with van der Waals surface area (Å²) in [4.78, 5) is 32.0. The maximum absolute atomic E-state index is 13.7. The van der Waals surface area contributed by atoms with E-state index in [9.17, 15) is 9.59 Å². The summed E-state index contributed by atoms with van der Waals surface area (Å²) < 4.78 is 11.4. The largest absolute Gasteiger partial charge is 0.491 e. The summed E-state index contributed by atoms with van der Waals surface area (Å²) in [5.41, 5.74) is 3.56. The maximum atomic E-state index is 13.7. The number of amides is 2. The zero-order valence-electron chi connectivity index (χ0n) is 21.5. The average Bonchev–Trinajstić information content (AvgIpc) is 3.38. The average molecular weight is 541 g/mol. The van der Waals surface area contributed by atoms with Crippen LogP contribution >= 0.6 is 22.9 Å². The fraction of sp³-hybridized carbons (Fsp3) is 0.379. The molecule has 8 heteroatoms. The Bertz CT molecular complexity index is 1240. The number of hydrogen-bond donors (Lipinski definition) is 0. The first kappa shape index (κ1) is 27.2. The number of rotatable bonds is 10. The van der Waals surface area contributed by atoms with Crippen LogP contribution in [0.15, 0.2) is 53.9 Å². The number of benzene rings is 2. The Hall–Kier alpha value is -2.87. The molecule has 3 aromatic rings. The van der Waals surface area contributed by atoms with Crippen LogP contribution in [0.5, 0.6) is 5.75 Å². The van der Waals surface area contributed by atoms with E-state index in [1.807, 2.05) is 61.2 Å². The first-order chi connectivity index (χ1) is 17.9. The number of carbonyl (C=O) groups is 2. The minimum atomic E-state index is -0.229. The van der Waals surface area contributed by atoms with Gasteiger partial charge in [0.2, 0.25) is 5.91 Å². The van der Waals surface area contributed by atoms with Crippen molar-refractivity contribution in [3.63, 3.8) is 0 Å². The first-order valence-corrected chi connectivity index (χ1v) is 13.7. The van der Waals surface area contributed by atoms with Crippen LogP contribution in [0, 0.1) is 13.8 Å². The van der Waals surface area contributed by atoms with Gasteiger partial charge < -0.3 is 19.3 Å². The third-order valence-electron chi connectivity index (χ3n) is 6.72. The zero-order chi connectivity index (χ0) is 26.4. The van der Waals surface area contributed by atoms with E-state index in [4.69, 9.17) is 21.1 Å². The molecule has 0 saturated heterocycles. The van der Waals surface area contributed by atoms with Gasteiger partial charge in [0.25, 0.3) is 5.91 Å². The summed E-state index contributed by atoms with van der Waals surface area (Å²) in [6, 6.07) is 14.9. The van der Waals surface area contributed by atoms with E-state index in [1.165, 1.54) is 4.88 Å². The molecule has 1 aliphatic heterocycles. The van der Waals surface area contributed by atoms with Crippen molar-refractivity contribution in [3.05, 3.63) is 86.1 Å². The lowest BCUT2D eigenvalue weighted by molar-refractivity contribution is -0.135. The number of fused-ring (bicyclic) bond motifs is 1. The molecular formula is C29H33ClN2O4S. The van der Waals surface area contributed by atoms with Gasteiger partial charge in [-0.25, -0.2) is 0 Å². The molecule has 0 aliphatic carbocycles. The number of aryl methyl sites for hydroxylation is 2. The molecule has 2 aromatic carbocycles. The van der Waals surface area contributed by atoms with E-state index in [0.717, 1.165) is 23.1 Å². The quantitative estimate of drug-likeness (QED) is 0.309. The Kier molecular flexibility index (Phi) is 9.24. The van der Waals surface area contributed by atoms with E-state index in [2.05, 4.69) is 11.4 Å². The standard InChI is InChI=1S/C29H33ClN2O4S/c1-20-7-4-5-8-23(20)29(34)31(13-6-15-35-3)18-28(33)32-14-11-27-24(12-16-37-27)26(32)19-36-22-9-10-25(30)21(2)17-22/h4-5,7-10,12,16-17,26H,6,11,13-15,18-19H2,1-3H3/t26-/m0/s1. The number of nitrogens with zero attached hydrogens (tertiary/aromatic N) is 2. The Labute approximate surface area is 227 Å². The number of methoxy groups -OCH3 is 1. The second-order valence-corrected chi connectivity index (χ2v) is 10.7. The Morgan fingerprint density at radius 1 is 1.14 bits per heavy atom. The topological polar surface area (TPSA) is 59.1 Å². The van der Waals surface area contributed by atoms with Crippen LogP contribution in [0.1, 0.15) is 44.4 Å². The van der Waals surface area contributed by atoms with Gasteiger partial charge in [-0.2, -0.15) is 0 Å². The SMILES string of the molecule is COCCCN(CC(=O)N1CCc2sccc2[C@@H]1COc1ccc(Cl)c(C)c1)C(=O)c1ccccc1C.